The number of hydrogen-bond donors (Lipinski definition) is 0. The van der Waals surface area contributed by atoms with E-state index in [-0.39, 0.29) is 0 Å². The Kier molecular flexibility index (Phi) is 5.69. The van der Waals surface area contributed by atoms with Crippen molar-refractivity contribution in [3.63, 3.8) is 0 Å². The summed E-state index contributed by atoms with van der Waals surface area (Å²) in [5, 5.41) is 0. The lowest BCUT2D eigenvalue weighted by molar-refractivity contribution is 0.493. The fourth-order valence-electron chi connectivity index (χ4n) is 2.55. The molecule has 0 amide bonds. The van der Waals surface area contributed by atoms with Gasteiger partial charge in [-0.05, 0) is 36.4 Å². The van der Waals surface area contributed by atoms with Gasteiger partial charge >= 0.3 is 5.97 Å². The highest BCUT2D eigenvalue weighted by molar-refractivity contribution is 8.30. The molecular weight excluding hydrogens is 375 g/mol. The van der Waals surface area contributed by atoms with Crippen LogP contribution in [0.4, 0.5) is 0 Å². The quantitative estimate of drug-likeness (QED) is 0.375. The number of alkyl halides is 2. The monoisotopic (exact) mass is 391 g/mol. The molecule has 0 aliphatic carbocycles. The largest absolute Gasteiger partial charge is 0.530 e. The van der Waals surface area contributed by atoms with Crippen molar-refractivity contribution in [2.75, 3.05) is 0 Å². The van der Waals surface area contributed by atoms with E-state index in [1.807, 2.05) is 91.0 Å². The van der Waals surface area contributed by atoms with Gasteiger partial charge in [-0.15, -0.1) is 0 Å². The Bertz CT molecular complexity index is 727. The SMILES string of the molecule is [OH+]=C(OS(c1ccccc1)(c1ccccc1)c1ccccc1)C(Cl)Cl. The minimum absolute atomic E-state index is 0.408. The average molecular weight is 392 g/mol. The standard InChI is InChI=1S/C20H16Cl2O2S/c21-19(22)20(23)24-25(16-10-4-1-5-11-16,17-12-6-2-7-13-17)18-14-8-3-9-15-18/h1-15,19H/p+1. The Balaban J connectivity index is 2.29. The number of hydrogen-bond acceptors (Lipinski definition) is 1. The molecule has 0 saturated carbocycles. The van der Waals surface area contributed by atoms with Gasteiger partial charge in [0.2, 0.25) is 0 Å². The number of carbonyl (C=O) groups excluding carboxylic acids is 1. The van der Waals surface area contributed by atoms with Gasteiger partial charge in [-0.2, -0.15) is 0 Å². The van der Waals surface area contributed by atoms with E-state index in [2.05, 4.69) is 0 Å². The summed E-state index contributed by atoms with van der Waals surface area (Å²) < 4.78 is 6.15. The van der Waals surface area contributed by atoms with Gasteiger partial charge in [0.25, 0.3) is 4.84 Å². The second-order valence-corrected chi connectivity index (χ2v) is 9.01. The van der Waals surface area contributed by atoms with E-state index in [0.29, 0.717) is 0 Å². The molecular formula is C20H17Cl2O2S+. The molecule has 0 aromatic heterocycles. The Morgan fingerprint density at radius 1 is 0.680 bits per heavy atom. The van der Waals surface area contributed by atoms with Gasteiger partial charge in [0.05, 0.1) is 25.0 Å². The second kappa shape index (κ2) is 7.96. The van der Waals surface area contributed by atoms with E-state index in [0.717, 1.165) is 14.7 Å². The molecule has 0 aliphatic heterocycles. The molecule has 0 aliphatic rings. The highest BCUT2D eigenvalue weighted by Crippen LogP contribution is 2.69. The Hall–Kier alpha value is -1.94. The normalized spacial score (nSPS) is 12.0. The Morgan fingerprint density at radius 2 is 1.00 bits per heavy atom. The van der Waals surface area contributed by atoms with Crippen LogP contribution >= 0.6 is 33.5 Å². The van der Waals surface area contributed by atoms with E-state index < -0.39 is 21.1 Å². The maximum Gasteiger partial charge on any atom is 0.530 e. The van der Waals surface area contributed by atoms with Crippen molar-refractivity contribution >= 4 is 39.5 Å². The molecule has 0 saturated heterocycles. The molecule has 128 valence electrons. The van der Waals surface area contributed by atoms with E-state index >= 15 is 0 Å². The summed E-state index contributed by atoms with van der Waals surface area (Å²) in [6, 6.07) is 29.4. The van der Waals surface area contributed by atoms with Crippen molar-refractivity contribution < 1.29 is 8.98 Å². The average Bonchev–Trinajstić information content (AvgIpc) is 2.68. The molecule has 1 N–H and O–H groups in total. The van der Waals surface area contributed by atoms with Crippen molar-refractivity contribution in [2.45, 2.75) is 19.5 Å². The molecule has 25 heavy (non-hydrogen) atoms. The van der Waals surface area contributed by atoms with E-state index in [9.17, 15) is 4.79 Å². The van der Waals surface area contributed by atoms with Crippen LogP contribution in [-0.2, 0) is 4.18 Å². The Morgan fingerprint density at radius 3 is 1.28 bits per heavy atom. The van der Waals surface area contributed by atoms with Crippen molar-refractivity contribution in [1.29, 1.82) is 0 Å². The molecule has 0 unspecified atom stereocenters. The van der Waals surface area contributed by atoms with E-state index in [4.69, 9.17) is 27.4 Å². The van der Waals surface area contributed by atoms with Crippen molar-refractivity contribution in [1.82, 2.24) is 0 Å². The first-order valence-corrected chi connectivity index (χ1v) is 10.1. The van der Waals surface area contributed by atoms with Gasteiger partial charge in [0.1, 0.15) is 0 Å². The highest BCUT2D eigenvalue weighted by Gasteiger charge is 2.43. The molecule has 3 rings (SSSR count). The minimum atomic E-state index is -2.23. The van der Waals surface area contributed by atoms with Gasteiger partial charge in [-0.3, -0.25) is 4.18 Å². The van der Waals surface area contributed by atoms with Crippen molar-refractivity contribution in [3.8, 4) is 0 Å². The molecule has 0 fully saturated rings. The van der Waals surface area contributed by atoms with E-state index in [1.165, 1.54) is 0 Å². The fraction of sp³-hybridized carbons (Fsp3) is 0.0500. The zero-order valence-corrected chi connectivity index (χ0v) is 15.6. The lowest BCUT2D eigenvalue weighted by atomic mass is 10.4. The smallest absolute Gasteiger partial charge is 0.336 e. The predicted octanol–water partition coefficient (Wildman–Crippen LogP) is 6.21. The van der Waals surface area contributed by atoms with Crippen LogP contribution in [0.2, 0.25) is 0 Å². The topological polar surface area (TPSA) is 30.6 Å². The zero-order chi connectivity index (χ0) is 17.7. The summed E-state index contributed by atoms with van der Waals surface area (Å²) in [7, 11) is -2.23. The third-order valence-electron chi connectivity index (χ3n) is 3.62. The second-order valence-electron chi connectivity index (χ2n) is 5.22. The number of halogens is 2. The first kappa shape index (κ1) is 17.9. The van der Waals surface area contributed by atoms with Crippen LogP contribution in [-0.4, -0.2) is 15.6 Å². The lowest BCUT2D eigenvalue weighted by Crippen LogP contribution is -2.18. The molecule has 0 bridgehead atoms. The maximum absolute atomic E-state index is 10.3. The fourth-order valence-corrected chi connectivity index (χ4v) is 5.83. The lowest BCUT2D eigenvalue weighted by Gasteiger charge is -2.33. The van der Waals surface area contributed by atoms with Gasteiger partial charge in [0, 0.05) is 0 Å². The Labute approximate surface area is 158 Å². The predicted molar refractivity (Wildman–Crippen MR) is 105 cm³/mol. The first-order valence-electron chi connectivity index (χ1n) is 7.66. The van der Waals surface area contributed by atoms with Crippen LogP contribution in [0.15, 0.2) is 106 Å². The van der Waals surface area contributed by atoms with Crippen LogP contribution in [0.25, 0.3) is 0 Å². The number of benzene rings is 3. The third kappa shape index (κ3) is 3.69. The summed E-state index contributed by atoms with van der Waals surface area (Å²) in [4.78, 5) is 12.0. The number of rotatable bonds is 5. The molecule has 3 aromatic carbocycles. The zero-order valence-electron chi connectivity index (χ0n) is 13.3. The van der Waals surface area contributed by atoms with Gasteiger partial charge in [-0.1, -0.05) is 77.8 Å². The van der Waals surface area contributed by atoms with Crippen molar-refractivity contribution in [2.24, 2.45) is 0 Å². The third-order valence-corrected chi connectivity index (χ3v) is 7.22. The maximum atomic E-state index is 10.3. The molecule has 0 atom stereocenters. The van der Waals surface area contributed by atoms with Crippen LogP contribution in [0.3, 0.4) is 0 Å². The molecule has 2 nitrogen and oxygen atoms in total. The summed E-state index contributed by atoms with van der Waals surface area (Å²) in [6.07, 6.45) is 0. The highest BCUT2D eigenvalue weighted by atomic mass is 35.5. The minimum Gasteiger partial charge on any atom is -0.336 e. The summed E-state index contributed by atoms with van der Waals surface area (Å²) in [5.74, 6) is -0.408. The molecule has 3 aromatic rings. The molecule has 0 spiro atoms. The van der Waals surface area contributed by atoms with Gasteiger partial charge < -0.3 is 4.79 Å². The molecule has 5 heteroatoms. The molecule has 0 radical (unpaired) electrons. The van der Waals surface area contributed by atoms with Gasteiger partial charge in [-0.25, -0.2) is 0 Å². The van der Waals surface area contributed by atoms with Crippen molar-refractivity contribution in [3.05, 3.63) is 91.0 Å². The van der Waals surface area contributed by atoms with Crippen LogP contribution < -0.4 is 0 Å². The first-order chi connectivity index (χ1) is 12.1. The summed E-state index contributed by atoms with van der Waals surface area (Å²) in [5.41, 5.74) is 0. The summed E-state index contributed by atoms with van der Waals surface area (Å²) in [6.45, 7) is 0. The van der Waals surface area contributed by atoms with Crippen LogP contribution in [0.5, 0.6) is 0 Å². The van der Waals surface area contributed by atoms with Gasteiger partial charge in [0.15, 0.2) is 0 Å². The van der Waals surface area contributed by atoms with Crippen LogP contribution in [0, 0.1) is 0 Å². The van der Waals surface area contributed by atoms with Crippen LogP contribution in [0.1, 0.15) is 0 Å². The summed E-state index contributed by atoms with van der Waals surface area (Å²) >= 11 is 11.7. The van der Waals surface area contributed by atoms with E-state index in [1.54, 1.807) is 0 Å². The molecule has 0 heterocycles.